The van der Waals surface area contributed by atoms with Gasteiger partial charge in [0, 0.05) is 12.8 Å². The second-order valence-corrected chi connectivity index (χ2v) is 3.96. The summed E-state index contributed by atoms with van der Waals surface area (Å²) in [5.41, 5.74) is 5.19. The molecule has 1 heterocycles. The molecule has 0 saturated carbocycles. The van der Waals surface area contributed by atoms with Crippen LogP contribution < -0.4 is 5.73 Å². The third-order valence-electron chi connectivity index (χ3n) is 2.72. The number of aliphatic imine (C=N–C) groups is 1. The van der Waals surface area contributed by atoms with Gasteiger partial charge >= 0.3 is 0 Å². The third-order valence-corrected chi connectivity index (χ3v) is 2.72. The van der Waals surface area contributed by atoms with Gasteiger partial charge in [0.1, 0.15) is 0 Å². The summed E-state index contributed by atoms with van der Waals surface area (Å²) in [5.74, 6) is 0.912. The molecule has 2 N–H and O–H groups in total. The minimum absolute atomic E-state index is 0.888. The van der Waals surface area contributed by atoms with Gasteiger partial charge in [-0.25, -0.2) is 0 Å². The first-order valence-corrected chi connectivity index (χ1v) is 5.42. The summed E-state index contributed by atoms with van der Waals surface area (Å²) < 4.78 is 0. The van der Waals surface area contributed by atoms with E-state index < -0.39 is 0 Å². The van der Waals surface area contributed by atoms with E-state index in [0.29, 0.717) is 0 Å². The molecule has 14 heavy (non-hydrogen) atoms. The van der Waals surface area contributed by atoms with Crippen LogP contribution in [0.5, 0.6) is 0 Å². The molecule has 0 atom stereocenters. The highest BCUT2D eigenvalue weighted by molar-refractivity contribution is 5.70. The van der Waals surface area contributed by atoms with E-state index >= 15 is 0 Å². The Morgan fingerprint density at radius 1 is 1.43 bits per heavy atom. The zero-order chi connectivity index (χ0) is 10.2. The Morgan fingerprint density at radius 3 is 2.79 bits per heavy atom. The molecule has 1 aliphatic heterocycles. The Morgan fingerprint density at radius 2 is 2.14 bits per heavy atom. The molecule has 0 bridgehead atoms. The van der Waals surface area contributed by atoms with Crippen molar-refractivity contribution in [1.29, 1.82) is 0 Å². The summed E-state index contributed by atoms with van der Waals surface area (Å²) in [6.45, 7) is 6.79. The van der Waals surface area contributed by atoms with E-state index in [4.69, 9.17) is 5.73 Å². The summed E-state index contributed by atoms with van der Waals surface area (Å²) in [6.07, 6.45) is 7.72. The van der Waals surface area contributed by atoms with E-state index in [-0.39, 0.29) is 0 Å². The number of nitrogens with zero attached hydrogens (tertiary/aromatic N) is 2. The van der Waals surface area contributed by atoms with Gasteiger partial charge in [-0.15, -0.1) is 0 Å². The lowest BCUT2D eigenvalue weighted by Crippen LogP contribution is -2.34. The van der Waals surface area contributed by atoms with Gasteiger partial charge in [-0.3, -0.25) is 4.99 Å². The van der Waals surface area contributed by atoms with Gasteiger partial charge in [0.05, 0.1) is 6.54 Å². The lowest BCUT2D eigenvalue weighted by atomic mass is 9.99. The standard InChI is InChI=1S/C11H21N3/c1-11-3-8-14(9-4-11)10-7-13-6-2-5-12/h2,5-6,11H,3-4,7-10,12H2,1H3/b5-2-,13-6?. The molecule has 0 amide bonds. The van der Waals surface area contributed by atoms with Crippen LogP contribution in [0.4, 0.5) is 0 Å². The van der Waals surface area contributed by atoms with Crippen LogP contribution in [0, 0.1) is 5.92 Å². The minimum atomic E-state index is 0.888. The quantitative estimate of drug-likeness (QED) is 0.686. The van der Waals surface area contributed by atoms with Gasteiger partial charge in [0.15, 0.2) is 0 Å². The largest absolute Gasteiger partial charge is 0.405 e. The van der Waals surface area contributed by atoms with Crippen LogP contribution >= 0.6 is 0 Å². The number of rotatable bonds is 4. The molecule has 0 aromatic carbocycles. The topological polar surface area (TPSA) is 41.6 Å². The Balaban J connectivity index is 2.07. The molecule has 0 aliphatic carbocycles. The van der Waals surface area contributed by atoms with Crippen molar-refractivity contribution in [2.75, 3.05) is 26.2 Å². The molecule has 1 aliphatic rings. The highest BCUT2D eigenvalue weighted by atomic mass is 15.1. The van der Waals surface area contributed by atoms with Crippen molar-refractivity contribution in [3.05, 3.63) is 12.3 Å². The fourth-order valence-electron chi connectivity index (χ4n) is 1.67. The van der Waals surface area contributed by atoms with E-state index in [1.165, 1.54) is 32.1 Å². The molecular weight excluding hydrogens is 174 g/mol. The molecule has 1 fully saturated rings. The van der Waals surface area contributed by atoms with Crippen molar-refractivity contribution in [3.63, 3.8) is 0 Å². The predicted octanol–water partition coefficient (Wildman–Crippen LogP) is 1.26. The summed E-state index contributed by atoms with van der Waals surface area (Å²) in [5, 5.41) is 0. The van der Waals surface area contributed by atoms with Crippen LogP contribution in [0.25, 0.3) is 0 Å². The van der Waals surface area contributed by atoms with Crippen LogP contribution in [0.1, 0.15) is 19.8 Å². The summed E-state index contributed by atoms with van der Waals surface area (Å²) in [7, 11) is 0. The van der Waals surface area contributed by atoms with Crippen molar-refractivity contribution < 1.29 is 0 Å². The maximum atomic E-state index is 5.19. The van der Waals surface area contributed by atoms with Gasteiger partial charge in [-0.2, -0.15) is 0 Å². The van der Waals surface area contributed by atoms with Crippen molar-refractivity contribution in [2.24, 2.45) is 16.6 Å². The normalized spacial score (nSPS) is 21.2. The molecule has 0 spiro atoms. The summed E-state index contributed by atoms with van der Waals surface area (Å²) in [4.78, 5) is 6.73. The molecular formula is C11H21N3. The van der Waals surface area contributed by atoms with Crippen molar-refractivity contribution in [2.45, 2.75) is 19.8 Å². The molecule has 1 rings (SSSR count). The monoisotopic (exact) mass is 195 g/mol. The van der Waals surface area contributed by atoms with E-state index in [1.807, 2.05) is 0 Å². The molecule has 0 aromatic heterocycles. The molecule has 1 saturated heterocycles. The van der Waals surface area contributed by atoms with Crippen LogP contribution in [-0.4, -0.2) is 37.3 Å². The van der Waals surface area contributed by atoms with E-state index in [9.17, 15) is 0 Å². The second kappa shape index (κ2) is 6.60. The van der Waals surface area contributed by atoms with Crippen LogP contribution in [0.3, 0.4) is 0 Å². The minimum Gasteiger partial charge on any atom is -0.405 e. The first-order chi connectivity index (χ1) is 6.83. The number of hydrogen-bond acceptors (Lipinski definition) is 3. The molecule has 3 nitrogen and oxygen atoms in total. The first kappa shape index (κ1) is 11.2. The molecule has 0 aromatic rings. The van der Waals surface area contributed by atoms with E-state index in [1.54, 1.807) is 12.3 Å². The average Bonchev–Trinajstić information content (AvgIpc) is 2.21. The summed E-state index contributed by atoms with van der Waals surface area (Å²) >= 11 is 0. The number of piperidine rings is 1. The van der Waals surface area contributed by atoms with Gasteiger partial charge in [-0.1, -0.05) is 6.92 Å². The predicted molar refractivity (Wildman–Crippen MR) is 61.5 cm³/mol. The maximum absolute atomic E-state index is 5.19. The Bertz CT molecular complexity index is 191. The second-order valence-electron chi connectivity index (χ2n) is 3.96. The van der Waals surface area contributed by atoms with Gasteiger partial charge in [0.25, 0.3) is 0 Å². The van der Waals surface area contributed by atoms with Crippen LogP contribution in [-0.2, 0) is 0 Å². The summed E-state index contributed by atoms with van der Waals surface area (Å²) in [6, 6.07) is 0. The van der Waals surface area contributed by atoms with E-state index in [0.717, 1.165) is 19.0 Å². The lowest BCUT2D eigenvalue weighted by molar-refractivity contribution is 0.197. The first-order valence-electron chi connectivity index (χ1n) is 5.42. The molecule has 80 valence electrons. The third kappa shape index (κ3) is 4.42. The Hall–Kier alpha value is -0.830. The fourth-order valence-corrected chi connectivity index (χ4v) is 1.67. The molecule has 3 heteroatoms. The van der Waals surface area contributed by atoms with Gasteiger partial charge in [-0.05, 0) is 44.1 Å². The number of hydrogen-bond donors (Lipinski definition) is 1. The maximum Gasteiger partial charge on any atom is 0.0516 e. The van der Waals surface area contributed by atoms with Gasteiger partial charge < -0.3 is 10.6 Å². The smallest absolute Gasteiger partial charge is 0.0516 e. The van der Waals surface area contributed by atoms with Crippen molar-refractivity contribution in [1.82, 2.24) is 4.90 Å². The van der Waals surface area contributed by atoms with Crippen molar-refractivity contribution in [3.8, 4) is 0 Å². The zero-order valence-corrected chi connectivity index (χ0v) is 9.02. The Kier molecular flexibility index (Phi) is 5.30. The van der Waals surface area contributed by atoms with Crippen LogP contribution in [0.2, 0.25) is 0 Å². The van der Waals surface area contributed by atoms with E-state index in [2.05, 4.69) is 16.8 Å². The number of likely N-dealkylation sites (tertiary alicyclic amines) is 1. The molecule has 0 unspecified atom stereocenters. The SMILES string of the molecule is CC1CCN(CCN=C/C=C\N)CC1. The number of allylic oxidation sites excluding steroid dienone is 1. The average molecular weight is 195 g/mol. The van der Waals surface area contributed by atoms with Gasteiger partial charge in [0.2, 0.25) is 0 Å². The van der Waals surface area contributed by atoms with Crippen molar-refractivity contribution >= 4 is 6.21 Å². The highest BCUT2D eigenvalue weighted by Gasteiger charge is 2.14. The van der Waals surface area contributed by atoms with Crippen LogP contribution in [0.15, 0.2) is 17.3 Å². The zero-order valence-electron chi connectivity index (χ0n) is 9.02. The Labute approximate surface area is 86.7 Å². The number of nitrogens with two attached hydrogens (primary N) is 1. The fraction of sp³-hybridized carbons (Fsp3) is 0.727. The lowest BCUT2D eigenvalue weighted by Gasteiger charge is -2.29. The molecule has 0 radical (unpaired) electrons. The highest BCUT2D eigenvalue weighted by Crippen LogP contribution is 2.15.